The third kappa shape index (κ3) is 4.11. The lowest BCUT2D eigenvalue weighted by Crippen LogP contribution is -2.49. The monoisotopic (exact) mass is 286 g/mol. The van der Waals surface area contributed by atoms with Gasteiger partial charge < -0.3 is 5.11 Å². The third-order valence-corrected chi connectivity index (χ3v) is 4.93. The summed E-state index contributed by atoms with van der Waals surface area (Å²) in [6.45, 7) is 1.02. The molecule has 0 aromatic heterocycles. The molecule has 108 valence electrons. The van der Waals surface area contributed by atoms with Gasteiger partial charge in [0.15, 0.2) is 0 Å². The highest BCUT2D eigenvalue weighted by Gasteiger charge is 2.33. The first-order chi connectivity index (χ1) is 8.37. The summed E-state index contributed by atoms with van der Waals surface area (Å²) in [6.07, 6.45) is -1.06. The number of alkyl halides is 2. The van der Waals surface area contributed by atoms with Gasteiger partial charge in [0.25, 0.3) is 16.6 Å². The molecule has 0 radical (unpaired) electrons. The Morgan fingerprint density at radius 3 is 2.67 bits per heavy atom. The van der Waals surface area contributed by atoms with E-state index in [0.717, 1.165) is 12.8 Å². The molecule has 1 rings (SSSR count). The van der Waals surface area contributed by atoms with Crippen molar-refractivity contribution in [2.24, 2.45) is 5.92 Å². The van der Waals surface area contributed by atoms with E-state index in [0.29, 0.717) is 17.4 Å². The second kappa shape index (κ2) is 6.74. The number of halogens is 2. The van der Waals surface area contributed by atoms with E-state index in [1.807, 2.05) is 6.92 Å². The van der Waals surface area contributed by atoms with Crippen LogP contribution < -0.4 is 0 Å². The van der Waals surface area contributed by atoms with Gasteiger partial charge in [-0.1, -0.05) is 6.92 Å². The second-order valence-corrected chi connectivity index (χ2v) is 6.51. The van der Waals surface area contributed by atoms with Crippen LogP contribution in [0.3, 0.4) is 0 Å². The zero-order valence-electron chi connectivity index (χ0n) is 10.4. The molecule has 1 N–H and O–H groups in total. The highest BCUT2D eigenvalue weighted by Crippen LogP contribution is 2.21. The summed E-state index contributed by atoms with van der Waals surface area (Å²) in [5, 5.41) is 8.79. The molecule has 1 atom stereocenters. The van der Waals surface area contributed by atoms with Gasteiger partial charge >= 0.3 is 0 Å². The Kier molecular flexibility index (Phi) is 5.90. The molecule has 1 heterocycles. The predicted molar refractivity (Wildman–Crippen MR) is 63.6 cm³/mol. The molecule has 1 unspecified atom stereocenters. The number of hydrogen-bond acceptors (Lipinski definition) is 3. The summed E-state index contributed by atoms with van der Waals surface area (Å²) in [4.78, 5) is 0. The van der Waals surface area contributed by atoms with Gasteiger partial charge in [0, 0.05) is 19.6 Å². The molecule has 1 saturated heterocycles. The molecule has 8 heteroatoms. The molecule has 0 saturated carbocycles. The van der Waals surface area contributed by atoms with Crippen LogP contribution in [0.2, 0.25) is 0 Å². The van der Waals surface area contributed by atoms with Crippen molar-refractivity contribution in [3.63, 3.8) is 0 Å². The third-order valence-electron chi connectivity index (χ3n) is 2.96. The van der Waals surface area contributed by atoms with Crippen molar-refractivity contribution in [3.8, 4) is 0 Å². The molecule has 0 aromatic rings. The van der Waals surface area contributed by atoms with E-state index in [1.165, 1.54) is 4.31 Å². The van der Waals surface area contributed by atoms with Crippen LogP contribution in [0.5, 0.6) is 0 Å². The molecular weight excluding hydrogens is 266 g/mol. The van der Waals surface area contributed by atoms with Crippen LogP contribution in [0.1, 0.15) is 19.8 Å². The largest absolute Gasteiger partial charge is 0.395 e. The van der Waals surface area contributed by atoms with Crippen molar-refractivity contribution in [1.29, 1.82) is 0 Å². The summed E-state index contributed by atoms with van der Waals surface area (Å²) >= 11 is 0. The fraction of sp³-hybridized carbons (Fsp3) is 1.00. The first-order valence-electron chi connectivity index (χ1n) is 6.02. The molecule has 1 fully saturated rings. The van der Waals surface area contributed by atoms with Crippen molar-refractivity contribution in [2.45, 2.75) is 26.2 Å². The van der Waals surface area contributed by atoms with Gasteiger partial charge in [-0.05, 0) is 18.8 Å². The van der Waals surface area contributed by atoms with Crippen molar-refractivity contribution in [2.75, 3.05) is 32.8 Å². The van der Waals surface area contributed by atoms with Crippen LogP contribution in [0, 0.1) is 5.92 Å². The van der Waals surface area contributed by atoms with Crippen LogP contribution in [0.4, 0.5) is 8.78 Å². The molecule has 0 bridgehead atoms. The highest BCUT2D eigenvalue weighted by molar-refractivity contribution is 7.86. The van der Waals surface area contributed by atoms with E-state index in [2.05, 4.69) is 0 Å². The maximum Gasteiger partial charge on any atom is 0.282 e. The number of piperidine rings is 1. The van der Waals surface area contributed by atoms with E-state index in [9.17, 15) is 17.2 Å². The van der Waals surface area contributed by atoms with E-state index in [4.69, 9.17) is 5.11 Å². The van der Waals surface area contributed by atoms with Gasteiger partial charge in [0.2, 0.25) is 0 Å². The Morgan fingerprint density at radius 1 is 1.50 bits per heavy atom. The minimum atomic E-state index is -3.89. The van der Waals surface area contributed by atoms with E-state index in [-0.39, 0.29) is 12.5 Å². The molecule has 0 aromatic carbocycles. The normalized spacial score (nSPS) is 22.9. The van der Waals surface area contributed by atoms with Crippen LogP contribution in [-0.4, -0.2) is 61.3 Å². The topological polar surface area (TPSA) is 60.9 Å². The number of rotatable bonds is 6. The van der Waals surface area contributed by atoms with Crippen molar-refractivity contribution in [3.05, 3.63) is 0 Å². The van der Waals surface area contributed by atoms with Gasteiger partial charge in [0.05, 0.1) is 13.2 Å². The molecule has 0 amide bonds. The molecule has 1 aliphatic heterocycles. The number of aliphatic hydroxyl groups is 1. The van der Waals surface area contributed by atoms with Crippen LogP contribution in [0.15, 0.2) is 0 Å². The van der Waals surface area contributed by atoms with Gasteiger partial charge in [-0.15, -0.1) is 0 Å². The van der Waals surface area contributed by atoms with Crippen LogP contribution in [-0.2, 0) is 10.2 Å². The molecule has 18 heavy (non-hydrogen) atoms. The predicted octanol–water partition coefficient (Wildman–Crippen LogP) is 0.523. The van der Waals surface area contributed by atoms with E-state index >= 15 is 0 Å². The smallest absolute Gasteiger partial charge is 0.282 e. The number of nitrogens with zero attached hydrogens (tertiary/aromatic N) is 2. The van der Waals surface area contributed by atoms with Gasteiger partial charge in [-0.2, -0.15) is 17.0 Å². The molecule has 0 aliphatic carbocycles. The Labute approximate surface area is 107 Å². The lowest BCUT2D eigenvalue weighted by atomic mass is 10.0. The minimum Gasteiger partial charge on any atom is -0.395 e. The highest BCUT2D eigenvalue weighted by atomic mass is 32.2. The van der Waals surface area contributed by atoms with Gasteiger partial charge in [0.1, 0.15) is 0 Å². The van der Waals surface area contributed by atoms with Gasteiger partial charge in [-0.25, -0.2) is 8.78 Å². The van der Waals surface area contributed by atoms with Crippen LogP contribution >= 0.6 is 0 Å². The summed E-state index contributed by atoms with van der Waals surface area (Å²) in [7, 11) is -3.89. The molecule has 5 nitrogen and oxygen atoms in total. The zero-order chi connectivity index (χ0) is 13.8. The van der Waals surface area contributed by atoms with E-state index in [1.54, 1.807) is 0 Å². The maximum absolute atomic E-state index is 12.4. The summed E-state index contributed by atoms with van der Waals surface area (Å²) in [6, 6.07) is 0. The number of aliphatic hydroxyl groups excluding tert-OH is 1. The average Bonchev–Trinajstić information content (AvgIpc) is 2.28. The fourth-order valence-corrected chi connectivity index (χ4v) is 3.83. The SMILES string of the molecule is CC1CCCN(S(=O)(=O)N(CCO)CC(F)F)C1. The minimum absolute atomic E-state index is 0.232. The lowest BCUT2D eigenvalue weighted by molar-refractivity contribution is 0.108. The first-order valence-corrected chi connectivity index (χ1v) is 7.42. The second-order valence-electron chi connectivity index (χ2n) is 4.59. The first kappa shape index (κ1) is 15.7. The zero-order valence-corrected chi connectivity index (χ0v) is 11.2. The van der Waals surface area contributed by atoms with Crippen molar-refractivity contribution in [1.82, 2.24) is 8.61 Å². The molecule has 0 spiro atoms. The van der Waals surface area contributed by atoms with Crippen molar-refractivity contribution < 1.29 is 22.3 Å². The standard InChI is InChI=1S/C10H20F2N2O3S/c1-9-3-2-4-13(7-9)18(16,17)14(5-6-15)8-10(11)12/h9-10,15H,2-8H2,1H3. The Morgan fingerprint density at radius 2 is 2.17 bits per heavy atom. The Balaban J connectivity index is 2.79. The van der Waals surface area contributed by atoms with Crippen molar-refractivity contribution >= 4 is 10.2 Å². The Bertz CT molecular complexity index is 351. The maximum atomic E-state index is 12.4. The van der Waals surface area contributed by atoms with E-state index < -0.39 is 29.8 Å². The fourth-order valence-electron chi connectivity index (χ4n) is 2.09. The summed E-state index contributed by atoms with van der Waals surface area (Å²) in [5.41, 5.74) is 0. The quantitative estimate of drug-likeness (QED) is 0.774. The Hall–Kier alpha value is -0.310. The summed E-state index contributed by atoms with van der Waals surface area (Å²) < 4.78 is 51.0. The molecular formula is C10H20F2N2O3S. The lowest BCUT2D eigenvalue weighted by Gasteiger charge is -2.34. The number of hydrogen-bond donors (Lipinski definition) is 1. The average molecular weight is 286 g/mol. The van der Waals surface area contributed by atoms with Crippen LogP contribution in [0.25, 0.3) is 0 Å². The molecule has 1 aliphatic rings. The summed E-state index contributed by atoms with van der Waals surface area (Å²) in [5.74, 6) is 0.232. The van der Waals surface area contributed by atoms with Gasteiger partial charge in [-0.3, -0.25) is 0 Å².